The van der Waals surface area contributed by atoms with Crippen molar-refractivity contribution < 1.29 is 4.79 Å². The van der Waals surface area contributed by atoms with Crippen LogP contribution in [0.3, 0.4) is 0 Å². The molecule has 0 aliphatic carbocycles. The lowest BCUT2D eigenvalue weighted by Gasteiger charge is -2.24. The second-order valence-electron chi connectivity index (χ2n) is 7.13. The van der Waals surface area contributed by atoms with E-state index in [1.807, 2.05) is 43.3 Å². The normalized spacial score (nSPS) is 14.3. The number of para-hydroxylation sites is 1. The average molecular weight is 421 g/mol. The van der Waals surface area contributed by atoms with Gasteiger partial charge in [-0.1, -0.05) is 23.7 Å². The number of hydrogen-bond donors (Lipinski definition) is 0. The third-order valence-electron chi connectivity index (χ3n) is 5.18. The fraction of sp³-hybridized carbons (Fsp3) is 0.273. The molecule has 152 valence electrons. The summed E-state index contributed by atoms with van der Waals surface area (Å²) in [6, 6.07) is 17.1. The second-order valence-corrected chi connectivity index (χ2v) is 7.57. The SMILES string of the molecule is Cc1nc(C(=O)N2CCCN(c3ccccc3C#N)CC2)nn1-c1ccc(Cl)cc1. The van der Waals surface area contributed by atoms with Crippen LogP contribution in [0.1, 0.15) is 28.4 Å². The molecule has 0 spiro atoms. The largest absolute Gasteiger partial charge is 0.369 e. The molecule has 1 aromatic heterocycles. The van der Waals surface area contributed by atoms with E-state index < -0.39 is 0 Å². The van der Waals surface area contributed by atoms with Crippen molar-refractivity contribution in [3.63, 3.8) is 0 Å². The van der Waals surface area contributed by atoms with E-state index in [0.29, 0.717) is 36.0 Å². The maximum Gasteiger partial charge on any atom is 0.293 e. The summed E-state index contributed by atoms with van der Waals surface area (Å²) in [6.45, 7) is 4.43. The molecule has 1 aliphatic heterocycles. The fourth-order valence-electron chi connectivity index (χ4n) is 3.65. The summed E-state index contributed by atoms with van der Waals surface area (Å²) >= 11 is 5.96. The van der Waals surface area contributed by atoms with Gasteiger partial charge in [0.1, 0.15) is 11.9 Å². The number of carbonyl (C=O) groups excluding carboxylic acids is 1. The first kappa shape index (κ1) is 19.9. The molecule has 2 aromatic carbocycles. The zero-order valence-corrected chi connectivity index (χ0v) is 17.4. The summed E-state index contributed by atoms with van der Waals surface area (Å²) < 4.78 is 1.65. The Morgan fingerprint density at radius 2 is 1.83 bits per heavy atom. The molecule has 1 amide bonds. The number of aryl methyl sites for hydroxylation is 1. The van der Waals surface area contributed by atoms with Crippen molar-refractivity contribution in [2.75, 3.05) is 31.1 Å². The Hall–Kier alpha value is -3.37. The third-order valence-corrected chi connectivity index (χ3v) is 5.43. The molecule has 8 heteroatoms. The molecular weight excluding hydrogens is 400 g/mol. The third kappa shape index (κ3) is 4.00. The predicted molar refractivity (Wildman–Crippen MR) is 115 cm³/mol. The predicted octanol–water partition coefficient (Wildman–Crippen LogP) is 3.45. The molecule has 1 fully saturated rings. The standard InChI is InChI=1S/C22H21ClN6O/c1-16-25-21(26-29(16)19-9-7-18(23)8-10-19)22(30)28-12-4-11-27(13-14-28)20-6-3-2-5-17(20)15-24/h2-3,5-10H,4,11-14H2,1H3. The Kier molecular flexibility index (Phi) is 5.68. The number of hydrogen-bond acceptors (Lipinski definition) is 5. The number of nitrogens with zero attached hydrogens (tertiary/aromatic N) is 6. The van der Waals surface area contributed by atoms with Crippen LogP contribution in [0.25, 0.3) is 5.69 Å². The molecule has 0 atom stereocenters. The highest BCUT2D eigenvalue weighted by Crippen LogP contribution is 2.21. The second kappa shape index (κ2) is 8.56. The Bertz CT molecular complexity index is 1100. The summed E-state index contributed by atoms with van der Waals surface area (Å²) in [5.74, 6) is 0.648. The van der Waals surface area contributed by atoms with Gasteiger partial charge in [0.25, 0.3) is 5.91 Å². The van der Waals surface area contributed by atoms with Gasteiger partial charge in [0.15, 0.2) is 0 Å². The highest BCUT2D eigenvalue weighted by atomic mass is 35.5. The van der Waals surface area contributed by atoms with E-state index in [4.69, 9.17) is 11.6 Å². The van der Waals surface area contributed by atoms with Gasteiger partial charge in [-0.2, -0.15) is 5.26 Å². The fourth-order valence-corrected chi connectivity index (χ4v) is 3.78. The molecule has 1 saturated heterocycles. The number of carbonyl (C=O) groups is 1. The van der Waals surface area contributed by atoms with E-state index in [9.17, 15) is 10.1 Å². The lowest BCUT2D eigenvalue weighted by atomic mass is 10.1. The number of benzene rings is 2. The van der Waals surface area contributed by atoms with E-state index in [-0.39, 0.29) is 11.7 Å². The first-order valence-electron chi connectivity index (χ1n) is 9.80. The van der Waals surface area contributed by atoms with E-state index in [0.717, 1.165) is 24.3 Å². The van der Waals surface area contributed by atoms with Crippen LogP contribution in [-0.4, -0.2) is 51.8 Å². The molecule has 4 rings (SSSR count). The van der Waals surface area contributed by atoms with Crippen LogP contribution < -0.4 is 4.90 Å². The molecule has 0 unspecified atom stereocenters. The van der Waals surface area contributed by atoms with Crippen LogP contribution in [0.5, 0.6) is 0 Å². The maximum atomic E-state index is 13.1. The van der Waals surface area contributed by atoms with Crippen molar-refractivity contribution in [3.05, 3.63) is 70.8 Å². The number of amides is 1. The van der Waals surface area contributed by atoms with Crippen molar-refractivity contribution in [3.8, 4) is 11.8 Å². The van der Waals surface area contributed by atoms with Gasteiger partial charge >= 0.3 is 0 Å². The van der Waals surface area contributed by atoms with Crippen molar-refractivity contribution >= 4 is 23.2 Å². The molecule has 7 nitrogen and oxygen atoms in total. The van der Waals surface area contributed by atoms with E-state index >= 15 is 0 Å². The van der Waals surface area contributed by atoms with Gasteiger partial charge in [0, 0.05) is 31.2 Å². The lowest BCUT2D eigenvalue weighted by Crippen LogP contribution is -2.36. The van der Waals surface area contributed by atoms with Crippen LogP contribution in [0.15, 0.2) is 48.5 Å². The van der Waals surface area contributed by atoms with Crippen LogP contribution >= 0.6 is 11.6 Å². The van der Waals surface area contributed by atoms with E-state index in [1.165, 1.54) is 0 Å². The molecule has 30 heavy (non-hydrogen) atoms. The molecule has 3 aromatic rings. The monoisotopic (exact) mass is 420 g/mol. The van der Waals surface area contributed by atoms with Crippen LogP contribution in [-0.2, 0) is 0 Å². The van der Waals surface area contributed by atoms with Crippen LogP contribution in [0.4, 0.5) is 5.69 Å². The highest BCUT2D eigenvalue weighted by Gasteiger charge is 2.25. The minimum absolute atomic E-state index is 0.179. The first-order chi connectivity index (χ1) is 14.6. The van der Waals surface area contributed by atoms with Gasteiger partial charge in [0.2, 0.25) is 5.82 Å². The molecule has 2 heterocycles. The summed E-state index contributed by atoms with van der Waals surface area (Å²) in [4.78, 5) is 21.4. The Morgan fingerprint density at radius 3 is 2.60 bits per heavy atom. The topological polar surface area (TPSA) is 78.1 Å². The number of nitriles is 1. The van der Waals surface area contributed by atoms with E-state index in [1.54, 1.807) is 21.7 Å². The highest BCUT2D eigenvalue weighted by molar-refractivity contribution is 6.30. The Labute approximate surface area is 180 Å². The van der Waals surface area contributed by atoms with Crippen LogP contribution in [0, 0.1) is 18.3 Å². The van der Waals surface area contributed by atoms with Crippen LogP contribution in [0.2, 0.25) is 5.02 Å². The van der Waals surface area contributed by atoms with Gasteiger partial charge in [-0.15, -0.1) is 5.10 Å². The average Bonchev–Trinajstić information content (AvgIpc) is 2.99. The smallest absolute Gasteiger partial charge is 0.293 e. The van der Waals surface area contributed by atoms with Gasteiger partial charge in [0.05, 0.1) is 16.9 Å². The summed E-state index contributed by atoms with van der Waals surface area (Å²) in [5.41, 5.74) is 2.37. The minimum Gasteiger partial charge on any atom is -0.369 e. The molecule has 0 radical (unpaired) electrons. The van der Waals surface area contributed by atoms with Crippen molar-refractivity contribution in [2.24, 2.45) is 0 Å². The minimum atomic E-state index is -0.179. The number of rotatable bonds is 3. The summed E-state index contributed by atoms with van der Waals surface area (Å²) in [7, 11) is 0. The number of aromatic nitrogens is 3. The zero-order valence-electron chi connectivity index (χ0n) is 16.6. The molecule has 1 aliphatic rings. The van der Waals surface area contributed by atoms with Gasteiger partial charge in [-0.25, -0.2) is 9.67 Å². The summed E-state index contributed by atoms with van der Waals surface area (Å²) in [6.07, 6.45) is 0.808. The zero-order chi connectivity index (χ0) is 21.1. The summed E-state index contributed by atoms with van der Waals surface area (Å²) in [5, 5.41) is 14.5. The van der Waals surface area contributed by atoms with Crippen molar-refractivity contribution in [1.29, 1.82) is 5.26 Å². The van der Waals surface area contributed by atoms with Crippen molar-refractivity contribution in [1.82, 2.24) is 19.7 Å². The van der Waals surface area contributed by atoms with E-state index in [2.05, 4.69) is 21.1 Å². The number of halogens is 1. The lowest BCUT2D eigenvalue weighted by molar-refractivity contribution is 0.0755. The van der Waals surface area contributed by atoms with Gasteiger partial charge < -0.3 is 9.80 Å². The molecule has 0 N–H and O–H groups in total. The molecular formula is C22H21ClN6O. The Morgan fingerprint density at radius 1 is 1.07 bits per heavy atom. The quantitative estimate of drug-likeness (QED) is 0.648. The van der Waals surface area contributed by atoms with Crippen molar-refractivity contribution in [2.45, 2.75) is 13.3 Å². The maximum absolute atomic E-state index is 13.1. The Balaban J connectivity index is 1.50. The first-order valence-corrected chi connectivity index (χ1v) is 10.2. The van der Waals surface area contributed by atoms with Gasteiger partial charge in [-0.3, -0.25) is 4.79 Å². The van der Waals surface area contributed by atoms with Gasteiger partial charge in [-0.05, 0) is 49.7 Å². The molecule has 0 saturated carbocycles. The number of anilines is 1. The molecule has 0 bridgehead atoms.